The molecule has 0 amide bonds. The number of hydrogen-bond donors (Lipinski definition) is 0. The first kappa shape index (κ1) is 12.7. The van der Waals surface area contributed by atoms with E-state index in [-0.39, 0.29) is 12.2 Å². The van der Waals surface area contributed by atoms with E-state index in [1.807, 2.05) is 0 Å². The number of carbonyl (C=O) groups is 2. The van der Waals surface area contributed by atoms with Crippen molar-refractivity contribution in [2.24, 2.45) is 5.41 Å². The average molecular weight is 258 g/mol. The molecule has 0 atom stereocenters. The molecule has 0 aromatic carbocycles. The number of hydrogen-bond acceptors (Lipinski definition) is 5. The molecule has 1 saturated carbocycles. The molecule has 2 aliphatic rings. The Balaban J connectivity index is 2.42. The highest BCUT2D eigenvalue weighted by Gasteiger charge is 2.50. The molecule has 0 aliphatic heterocycles. The van der Waals surface area contributed by atoms with E-state index >= 15 is 0 Å². The van der Waals surface area contributed by atoms with Gasteiger partial charge in [0.2, 0.25) is 11.6 Å². The van der Waals surface area contributed by atoms with Crippen LogP contribution in [0.2, 0.25) is 0 Å². The van der Waals surface area contributed by atoms with Crippen LogP contribution >= 0.6 is 7.60 Å². The quantitative estimate of drug-likeness (QED) is 0.572. The fraction of sp³-hybridized carbons (Fsp3) is 0.636. The second-order valence-corrected chi connectivity index (χ2v) is 6.74. The van der Waals surface area contributed by atoms with E-state index in [4.69, 9.17) is 9.05 Å². The molecule has 0 unspecified atom stereocenters. The van der Waals surface area contributed by atoms with Gasteiger partial charge in [-0.2, -0.15) is 0 Å². The van der Waals surface area contributed by atoms with Gasteiger partial charge in [0, 0.05) is 26.0 Å². The number of allylic oxidation sites excluding steroid dienone is 2. The molecule has 0 bridgehead atoms. The van der Waals surface area contributed by atoms with Gasteiger partial charge >= 0.3 is 7.60 Å². The van der Waals surface area contributed by atoms with Crippen LogP contribution in [0, 0.1) is 5.41 Å². The van der Waals surface area contributed by atoms with Crippen molar-refractivity contribution in [3.63, 3.8) is 0 Å². The summed E-state index contributed by atoms with van der Waals surface area (Å²) in [6, 6.07) is 0. The molecule has 2 rings (SSSR count). The zero-order valence-electron chi connectivity index (χ0n) is 9.89. The van der Waals surface area contributed by atoms with Gasteiger partial charge in [0.15, 0.2) is 0 Å². The summed E-state index contributed by atoms with van der Waals surface area (Å²) < 4.78 is 22.0. The summed E-state index contributed by atoms with van der Waals surface area (Å²) in [5.74, 6) is -0.845. The Morgan fingerprint density at radius 3 is 2.24 bits per heavy atom. The lowest BCUT2D eigenvalue weighted by molar-refractivity contribution is -0.144. The zero-order valence-corrected chi connectivity index (χ0v) is 10.8. The smallest absolute Gasteiger partial charge is 0.309 e. The third-order valence-electron chi connectivity index (χ3n) is 3.57. The van der Waals surface area contributed by atoms with Gasteiger partial charge in [-0.1, -0.05) is 12.5 Å². The van der Waals surface area contributed by atoms with Crippen molar-refractivity contribution in [2.45, 2.75) is 25.7 Å². The Morgan fingerprint density at radius 1 is 1.24 bits per heavy atom. The summed E-state index contributed by atoms with van der Waals surface area (Å²) in [6.07, 6.45) is 3.70. The maximum Gasteiger partial charge on any atom is 0.356 e. The lowest BCUT2D eigenvalue weighted by atomic mass is 9.63. The van der Waals surface area contributed by atoms with Gasteiger partial charge in [-0.15, -0.1) is 0 Å². The van der Waals surface area contributed by atoms with E-state index in [0.717, 1.165) is 6.42 Å². The van der Waals surface area contributed by atoms with Crippen LogP contribution in [0.5, 0.6) is 0 Å². The van der Waals surface area contributed by atoms with Gasteiger partial charge < -0.3 is 9.05 Å². The third-order valence-corrected chi connectivity index (χ3v) is 5.52. The number of ketones is 2. The van der Waals surface area contributed by atoms with Crippen LogP contribution in [-0.4, -0.2) is 25.8 Å². The first-order valence-electron chi connectivity index (χ1n) is 5.49. The topological polar surface area (TPSA) is 69.7 Å². The fourth-order valence-corrected chi connectivity index (χ4v) is 3.73. The van der Waals surface area contributed by atoms with E-state index in [1.54, 1.807) is 6.08 Å². The number of carbonyl (C=O) groups excluding carboxylic acids is 2. The minimum absolute atomic E-state index is 0.153. The Kier molecular flexibility index (Phi) is 3.10. The molecule has 0 saturated heterocycles. The largest absolute Gasteiger partial charge is 0.356 e. The summed E-state index contributed by atoms with van der Waals surface area (Å²) in [6.45, 7) is 0. The summed E-state index contributed by atoms with van der Waals surface area (Å²) in [7, 11) is -0.837. The predicted molar refractivity (Wildman–Crippen MR) is 60.6 cm³/mol. The van der Waals surface area contributed by atoms with E-state index in [0.29, 0.717) is 18.2 Å². The minimum atomic E-state index is -3.39. The molecule has 0 heterocycles. The van der Waals surface area contributed by atoms with Crippen LogP contribution in [0.3, 0.4) is 0 Å². The van der Waals surface area contributed by atoms with Crippen LogP contribution in [0.25, 0.3) is 0 Å². The highest BCUT2D eigenvalue weighted by atomic mass is 31.2. The van der Waals surface area contributed by atoms with Gasteiger partial charge in [0.05, 0.1) is 5.41 Å². The molecule has 0 N–H and O–H groups in total. The first-order chi connectivity index (χ1) is 7.97. The normalized spacial score (nSPS) is 23.5. The molecule has 2 aliphatic carbocycles. The van der Waals surface area contributed by atoms with Crippen LogP contribution in [0.4, 0.5) is 0 Å². The maximum atomic E-state index is 12.2. The Labute approximate surface area is 99.7 Å². The van der Waals surface area contributed by atoms with E-state index in [9.17, 15) is 14.2 Å². The molecule has 17 heavy (non-hydrogen) atoms. The lowest BCUT2D eigenvalue weighted by Gasteiger charge is -2.40. The molecule has 0 radical (unpaired) electrons. The molecular weight excluding hydrogens is 243 g/mol. The van der Waals surface area contributed by atoms with Crippen LogP contribution in [0.15, 0.2) is 11.4 Å². The van der Waals surface area contributed by atoms with Gasteiger partial charge in [0.25, 0.3) is 0 Å². The Bertz CT molecular complexity index is 439. The third kappa shape index (κ3) is 1.82. The van der Waals surface area contributed by atoms with Crippen molar-refractivity contribution in [1.29, 1.82) is 0 Å². The second kappa shape index (κ2) is 4.16. The Morgan fingerprint density at radius 2 is 1.82 bits per heavy atom. The Hall–Kier alpha value is -0.770. The standard InChI is InChI=1S/C11H15O5P/c1-15-17(14,16-2)8-6-9(12)10(13)11(7-8)4-3-5-11/h7H,3-6H2,1-2H3. The molecule has 6 heteroatoms. The summed E-state index contributed by atoms with van der Waals surface area (Å²) in [5, 5.41) is 0.326. The highest BCUT2D eigenvalue weighted by molar-refractivity contribution is 7.58. The zero-order chi connectivity index (χ0) is 12.7. The molecule has 1 spiro atoms. The number of rotatable bonds is 3. The van der Waals surface area contributed by atoms with Crippen LogP contribution < -0.4 is 0 Å². The molecule has 5 nitrogen and oxygen atoms in total. The molecular formula is C11H15O5P. The van der Waals surface area contributed by atoms with Crippen molar-refractivity contribution in [2.75, 3.05) is 14.2 Å². The lowest BCUT2D eigenvalue weighted by Crippen LogP contribution is -2.43. The van der Waals surface area contributed by atoms with Gasteiger partial charge in [-0.3, -0.25) is 14.2 Å². The van der Waals surface area contributed by atoms with E-state index in [2.05, 4.69) is 0 Å². The molecule has 0 aromatic rings. The van der Waals surface area contributed by atoms with Crippen molar-refractivity contribution in [3.05, 3.63) is 11.4 Å². The molecule has 94 valence electrons. The summed E-state index contributed by atoms with van der Waals surface area (Å²) >= 11 is 0. The fourth-order valence-electron chi connectivity index (χ4n) is 2.37. The summed E-state index contributed by atoms with van der Waals surface area (Å²) in [4.78, 5) is 23.5. The average Bonchev–Trinajstić information content (AvgIpc) is 2.29. The van der Waals surface area contributed by atoms with Crippen molar-refractivity contribution >= 4 is 19.2 Å². The van der Waals surface area contributed by atoms with Crippen molar-refractivity contribution < 1.29 is 23.2 Å². The molecule has 0 aromatic heterocycles. The van der Waals surface area contributed by atoms with Gasteiger partial charge in [0.1, 0.15) is 0 Å². The van der Waals surface area contributed by atoms with Gasteiger partial charge in [-0.25, -0.2) is 0 Å². The van der Waals surface area contributed by atoms with E-state index < -0.39 is 18.8 Å². The maximum absolute atomic E-state index is 12.2. The van der Waals surface area contributed by atoms with Crippen molar-refractivity contribution in [1.82, 2.24) is 0 Å². The predicted octanol–water partition coefficient (Wildman–Crippen LogP) is 2.07. The number of Topliss-reactive ketones (excluding diaryl/α,β-unsaturated/α-hetero) is 2. The summed E-state index contributed by atoms with van der Waals surface area (Å²) in [5.41, 5.74) is -0.725. The monoisotopic (exact) mass is 258 g/mol. The SMILES string of the molecule is COP(=O)(OC)C1=CC2(CCC2)C(=O)C(=O)C1. The first-order valence-corrected chi connectivity index (χ1v) is 7.03. The van der Waals surface area contributed by atoms with Crippen LogP contribution in [0.1, 0.15) is 25.7 Å². The van der Waals surface area contributed by atoms with Gasteiger partial charge in [-0.05, 0) is 12.8 Å². The van der Waals surface area contributed by atoms with E-state index in [1.165, 1.54) is 14.2 Å². The molecule has 1 fully saturated rings. The van der Waals surface area contributed by atoms with Crippen LogP contribution in [-0.2, 0) is 23.2 Å². The second-order valence-electron chi connectivity index (χ2n) is 4.44. The van der Waals surface area contributed by atoms with Crippen molar-refractivity contribution in [3.8, 4) is 0 Å². The highest BCUT2D eigenvalue weighted by Crippen LogP contribution is 2.60. The minimum Gasteiger partial charge on any atom is -0.309 e.